The third kappa shape index (κ3) is 5.59. The molecule has 0 unspecified atom stereocenters. The fraction of sp³-hybridized carbons (Fsp3) is 0.500. The van der Waals surface area contributed by atoms with E-state index in [1.807, 2.05) is 51.1 Å². The molecule has 7 nitrogen and oxygen atoms in total. The van der Waals surface area contributed by atoms with Crippen LogP contribution in [-0.2, 0) is 16.0 Å². The summed E-state index contributed by atoms with van der Waals surface area (Å²) in [4.78, 5) is 41.3. The van der Waals surface area contributed by atoms with E-state index in [0.29, 0.717) is 44.5 Å². The van der Waals surface area contributed by atoms with E-state index in [4.69, 9.17) is 4.74 Å². The molecule has 2 heterocycles. The third-order valence-corrected chi connectivity index (χ3v) is 5.04. The van der Waals surface area contributed by atoms with Crippen molar-refractivity contribution in [2.75, 3.05) is 19.6 Å². The normalized spacial score (nSPS) is 15.3. The second-order valence-electron chi connectivity index (χ2n) is 8.49. The number of aromatic amines is 1. The van der Waals surface area contributed by atoms with E-state index in [1.54, 1.807) is 4.90 Å². The molecule has 2 N–H and O–H groups in total. The van der Waals surface area contributed by atoms with Crippen LogP contribution >= 0.6 is 0 Å². The minimum Gasteiger partial charge on any atom is -0.444 e. The van der Waals surface area contributed by atoms with Crippen LogP contribution in [0.25, 0.3) is 10.9 Å². The van der Waals surface area contributed by atoms with Gasteiger partial charge in [-0.15, -0.1) is 0 Å². The predicted molar refractivity (Wildman–Crippen MR) is 112 cm³/mol. The molecule has 2 amide bonds. The molecule has 29 heavy (non-hydrogen) atoms. The number of carbonyl (C=O) groups excluding carboxylic acids is 2. The van der Waals surface area contributed by atoms with Gasteiger partial charge in [0, 0.05) is 36.6 Å². The van der Waals surface area contributed by atoms with E-state index in [2.05, 4.69) is 10.3 Å². The average Bonchev–Trinajstić information content (AvgIpc) is 2.67. The van der Waals surface area contributed by atoms with Crippen molar-refractivity contribution in [1.82, 2.24) is 15.2 Å². The van der Waals surface area contributed by atoms with Gasteiger partial charge in [-0.25, -0.2) is 4.79 Å². The lowest BCUT2D eigenvalue weighted by atomic mass is 9.96. The zero-order chi connectivity index (χ0) is 21.0. The Morgan fingerprint density at radius 3 is 2.59 bits per heavy atom. The lowest BCUT2D eigenvalue weighted by Gasteiger charge is -2.32. The van der Waals surface area contributed by atoms with Crippen molar-refractivity contribution in [3.05, 3.63) is 46.2 Å². The molecule has 1 fully saturated rings. The minimum absolute atomic E-state index is 0.0222. The number of fused-ring (bicyclic) bond motifs is 1. The summed E-state index contributed by atoms with van der Waals surface area (Å²) >= 11 is 0. The van der Waals surface area contributed by atoms with Crippen LogP contribution in [0.1, 0.15) is 39.2 Å². The van der Waals surface area contributed by atoms with Gasteiger partial charge in [0.05, 0.1) is 0 Å². The highest BCUT2D eigenvalue weighted by Gasteiger charge is 2.29. The molecular formula is C22H29N3O4. The SMILES string of the molecule is CC(C)(C)OC(=O)N1CCC(C(=O)NCCc2cc3ccccc3[nH]c2=O)CC1. The first kappa shape index (κ1) is 20.9. The number of nitrogens with zero attached hydrogens (tertiary/aromatic N) is 1. The first-order valence-electron chi connectivity index (χ1n) is 10.1. The van der Waals surface area contributed by atoms with Crippen LogP contribution in [0, 0.1) is 5.92 Å². The Morgan fingerprint density at radius 2 is 1.90 bits per heavy atom. The number of rotatable bonds is 4. The summed E-state index contributed by atoms with van der Waals surface area (Å²) in [5.41, 5.74) is 0.820. The van der Waals surface area contributed by atoms with Crippen molar-refractivity contribution in [3.63, 3.8) is 0 Å². The van der Waals surface area contributed by atoms with Gasteiger partial charge in [0.15, 0.2) is 0 Å². The Labute approximate surface area is 170 Å². The highest BCUT2D eigenvalue weighted by atomic mass is 16.6. The number of hydrogen-bond donors (Lipinski definition) is 2. The molecule has 0 saturated carbocycles. The molecule has 0 radical (unpaired) electrons. The Morgan fingerprint density at radius 1 is 1.21 bits per heavy atom. The Kier molecular flexibility index (Phi) is 6.25. The maximum Gasteiger partial charge on any atom is 0.410 e. The summed E-state index contributed by atoms with van der Waals surface area (Å²) in [6.45, 7) is 6.95. The molecule has 1 aromatic carbocycles. The van der Waals surface area contributed by atoms with Crippen molar-refractivity contribution < 1.29 is 14.3 Å². The highest BCUT2D eigenvalue weighted by Crippen LogP contribution is 2.20. The minimum atomic E-state index is -0.522. The van der Waals surface area contributed by atoms with Gasteiger partial charge in [-0.1, -0.05) is 18.2 Å². The van der Waals surface area contributed by atoms with Crippen LogP contribution in [0.5, 0.6) is 0 Å². The monoisotopic (exact) mass is 399 g/mol. The van der Waals surface area contributed by atoms with Gasteiger partial charge >= 0.3 is 6.09 Å². The Bertz CT molecular complexity index is 937. The molecule has 7 heteroatoms. The molecule has 0 spiro atoms. The summed E-state index contributed by atoms with van der Waals surface area (Å²) in [5.74, 6) is -0.144. The fourth-order valence-electron chi connectivity index (χ4n) is 3.49. The Balaban J connectivity index is 1.47. The zero-order valence-corrected chi connectivity index (χ0v) is 17.3. The van der Waals surface area contributed by atoms with Crippen molar-refractivity contribution in [2.45, 2.75) is 45.6 Å². The van der Waals surface area contributed by atoms with Crippen LogP contribution < -0.4 is 10.9 Å². The van der Waals surface area contributed by atoms with Crippen molar-refractivity contribution in [3.8, 4) is 0 Å². The number of para-hydroxylation sites is 1. The standard InChI is InChI=1S/C22H29N3O4/c1-22(2,3)29-21(28)25-12-9-15(10-13-25)19(26)23-11-8-17-14-16-6-4-5-7-18(16)24-20(17)27/h4-7,14-15H,8-13H2,1-3H3,(H,23,26)(H,24,27). The maximum absolute atomic E-state index is 12.5. The second-order valence-corrected chi connectivity index (χ2v) is 8.49. The van der Waals surface area contributed by atoms with Gasteiger partial charge < -0.3 is 19.9 Å². The molecule has 0 bridgehead atoms. The summed E-state index contributed by atoms with van der Waals surface area (Å²) in [6, 6.07) is 9.50. The number of carbonyl (C=O) groups is 2. The lowest BCUT2D eigenvalue weighted by molar-refractivity contribution is -0.126. The molecule has 0 atom stereocenters. The summed E-state index contributed by atoms with van der Waals surface area (Å²) in [6.07, 6.45) is 1.37. The molecule has 1 aliphatic heterocycles. The smallest absolute Gasteiger partial charge is 0.410 e. The van der Waals surface area contributed by atoms with E-state index in [1.165, 1.54) is 0 Å². The summed E-state index contributed by atoms with van der Waals surface area (Å²) in [5, 5.41) is 3.91. The topological polar surface area (TPSA) is 91.5 Å². The molecule has 2 aromatic rings. The van der Waals surface area contributed by atoms with Gasteiger partial charge in [0.25, 0.3) is 5.56 Å². The number of pyridine rings is 1. The number of nitrogens with one attached hydrogen (secondary N) is 2. The van der Waals surface area contributed by atoms with Crippen LogP contribution in [0.3, 0.4) is 0 Å². The maximum atomic E-state index is 12.5. The van der Waals surface area contributed by atoms with Crippen LogP contribution in [0.4, 0.5) is 4.79 Å². The van der Waals surface area contributed by atoms with E-state index in [9.17, 15) is 14.4 Å². The number of amides is 2. The van der Waals surface area contributed by atoms with E-state index in [0.717, 1.165) is 10.9 Å². The molecule has 3 rings (SSSR count). The first-order valence-corrected chi connectivity index (χ1v) is 10.1. The molecular weight excluding hydrogens is 370 g/mol. The average molecular weight is 399 g/mol. The summed E-state index contributed by atoms with van der Waals surface area (Å²) in [7, 11) is 0. The van der Waals surface area contributed by atoms with Crippen molar-refractivity contribution >= 4 is 22.9 Å². The largest absolute Gasteiger partial charge is 0.444 e. The number of ether oxygens (including phenoxy) is 1. The quantitative estimate of drug-likeness (QED) is 0.827. The highest BCUT2D eigenvalue weighted by molar-refractivity contribution is 5.80. The van der Waals surface area contributed by atoms with Gasteiger partial charge in [-0.3, -0.25) is 9.59 Å². The Hall–Kier alpha value is -2.83. The number of aromatic nitrogens is 1. The molecule has 1 saturated heterocycles. The van der Waals surface area contributed by atoms with Crippen LogP contribution in [0.2, 0.25) is 0 Å². The number of benzene rings is 1. The number of hydrogen-bond acceptors (Lipinski definition) is 4. The van der Waals surface area contributed by atoms with E-state index < -0.39 is 5.60 Å². The van der Waals surface area contributed by atoms with Gasteiger partial charge in [0.1, 0.15) is 5.60 Å². The molecule has 156 valence electrons. The molecule has 1 aliphatic rings. The third-order valence-electron chi connectivity index (χ3n) is 5.04. The van der Waals surface area contributed by atoms with Gasteiger partial charge in [0.2, 0.25) is 5.91 Å². The van der Waals surface area contributed by atoms with Crippen LogP contribution in [0.15, 0.2) is 35.1 Å². The van der Waals surface area contributed by atoms with Gasteiger partial charge in [-0.2, -0.15) is 0 Å². The van der Waals surface area contributed by atoms with Crippen LogP contribution in [-0.4, -0.2) is 47.1 Å². The van der Waals surface area contributed by atoms with E-state index >= 15 is 0 Å². The van der Waals surface area contributed by atoms with Crippen molar-refractivity contribution in [1.29, 1.82) is 0 Å². The number of H-pyrrole nitrogens is 1. The van der Waals surface area contributed by atoms with Gasteiger partial charge in [-0.05, 0) is 57.6 Å². The molecule has 0 aliphatic carbocycles. The predicted octanol–water partition coefficient (Wildman–Crippen LogP) is 2.83. The number of likely N-dealkylation sites (tertiary alicyclic amines) is 1. The fourth-order valence-corrected chi connectivity index (χ4v) is 3.49. The molecule has 1 aromatic heterocycles. The zero-order valence-electron chi connectivity index (χ0n) is 17.3. The first-order chi connectivity index (χ1) is 13.7. The lowest BCUT2D eigenvalue weighted by Crippen LogP contribution is -2.45. The van der Waals surface area contributed by atoms with E-state index in [-0.39, 0.29) is 23.5 Å². The summed E-state index contributed by atoms with van der Waals surface area (Å²) < 4.78 is 5.38. The number of piperidine rings is 1. The second kappa shape index (κ2) is 8.68. The van der Waals surface area contributed by atoms with Crippen molar-refractivity contribution in [2.24, 2.45) is 5.92 Å².